The van der Waals surface area contributed by atoms with Crippen molar-refractivity contribution in [3.8, 4) is 0 Å². The van der Waals surface area contributed by atoms with Crippen LogP contribution in [-0.4, -0.2) is 16.5 Å². The van der Waals surface area contributed by atoms with Crippen LogP contribution >= 0.6 is 0 Å². The molecule has 94 valence electrons. The van der Waals surface area contributed by atoms with Crippen molar-refractivity contribution in [2.75, 3.05) is 5.32 Å². The lowest BCUT2D eigenvalue weighted by Crippen LogP contribution is -2.27. The maximum Gasteiger partial charge on any atom is 0.193 e. The highest BCUT2D eigenvalue weighted by molar-refractivity contribution is 5.94. The van der Waals surface area contributed by atoms with E-state index in [0.29, 0.717) is 5.96 Å². The molecular weight excluding hydrogens is 224 g/mol. The van der Waals surface area contributed by atoms with Crippen molar-refractivity contribution in [3.05, 3.63) is 36.5 Å². The van der Waals surface area contributed by atoms with Crippen molar-refractivity contribution < 1.29 is 0 Å². The Morgan fingerprint density at radius 2 is 2.00 bits per heavy atom. The van der Waals surface area contributed by atoms with Gasteiger partial charge in [0.05, 0.1) is 22.9 Å². The molecule has 0 saturated carbocycles. The fourth-order valence-electron chi connectivity index (χ4n) is 1.68. The largest absolute Gasteiger partial charge is 0.370 e. The van der Waals surface area contributed by atoms with Gasteiger partial charge in [-0.15, -0.1) is 0 Å². The third-order valence-corrected chi connectivity index (χ3v) is 2.32. The number of aliphatic imine (C=N–C) groups is 1. The van der Waals surface area contributed by atoms with Crippen LogP contribution in [0.4, 0.5) is 5.69 Å². The molecule has 0 amide bonds. The minimum Gasteiger partial charge on any atom is -0.370 e. The molecular formula is C14H18N4. The van der Waals surface area contributed by atoms with Crippen LogP contribution in [0.15, 0.2) is 41.5 Å². The Morgan fingerprint density at radius 3 is 2.72 bits per heavy atom. The number of nitrogens with zero attached hydrogens (tertiary/aromatic N) is 2. The van der Waals surface area contributed by atoms with E-state index in [1.807, 2.05) is 51.1 Å². The Kier molecular flexibility index (Phi) is 3.19. The molecule has 18 heavy (non-hydrogen) atoms. The van der Waals surface area contributed by atoms with Gasteiger partial charge in [-0.3, -0.25) is 4.98 Å². The SMILES string of the molecule is CC(C)(C)N=C(N)Nc1cnc2ccccc2c1. The van der Waals surface area contributed by atoms with Crippen molar-refractivity contribution in [2.24, 2.45) is 10.7 Å². The summed E-state index contributed by atoms with van der Waals surface area (Å²) in [4.78, 5) is 8.70. The predicted molar refractivity (Wildman–Crippen MR) is 76.7 cm³/mol. The number of nitrogens with two attached hydrogens (primary N) is 1. The van der Waals surface area contributed by atoms with E-state index >= 15 is 0 Å². The molecule has 4 heteroatoms. The number of hydrogen-bond acceptors (Lipinski definition) is 2. The van der Waals surface area contributed by atoms with Crippen molar-refractivity contribution in [3.63, 3.8) is 0 Å². The van der Waals surface area contributed by atoms with Crippen LogP contribution in [0.25, 0.3) is 10.9 Å². The maximum atomic E-state index is 5.85. The topological polar surface area (TPSA) is 63.3 Å². The first-order chi connectivity index (χ1) is 8.44. The molecule has 4 nitrogen and oxygen atoms in total. The van der Waals surface area contributed by atoms with E-state index in [9.17, 15) is 0 Å². The van der Waals surface area contributed by atoms with Crippen LogP contribution in [0.5, 0.6) is 0 Å². The molecule has 0 spiro atoms. The van der Waals surface area contributed by atoms with Gasteiger partial charge in [0.15, 0.2) is 5.96 Å². The molecule has 2 rings (SSSR count). The summed E-state index contributed by atoms with van der Waals surface area (Å²) in [5, 5.41) is 4.13. The minimum atomic E-state index is -0.193. The van der Waals surface area contributed by atoms with Crippen molar-refractivity contribution >= 4 is 22.5 Å². The summed E-state index contributed by atoms with van der Waals surface area (Å²) in [6.07, 6.45) is 1.76. The summed E-state index contributed by atoms with van der Waals surface area (Å²) < 4.78 is 0. The average molecular weight is 242 g/mol. The van der Waals surface area contributed by atoms with Crippen molar-refractivity contribution in [1.29, 1.82) is 0 Å². The summed E-state index contributed by atoms with van der Waals surface area (Å²) in [5.74, 6) is 0.402. The summed E-state index contributed by atoms with van der Waals surface area (Å²) >= 11 is 0. The van der Waals surface area contributed by atoms with E-state index in [1.54, 1.807) is 6.20 Å². The smallest absolute Gasteiger partial charge is 0.193 e. The van der Waals surface area contributed by atoms with E-state index < -0.39 is 0 Å². The quantitative estimate of drug-likeness (QED) is 0.597. The van der Waals surface area contributed by atoms with Crippen LogP contribution < -0.4 is 11.1 Å². The average Bonchev–Trinajstić information content (AvgIpc) is 2.26. The van der Waals surface area contributed by atoms with Crippen LogP contribution in [-0.2, 0) is 0 Å². The van der Waals surface area contributed by atoms with Gasteiger partial charge in [0.2, 0.25) is 0 Å². The first-order valence-corrected chi connectivity index (χ1v) is 5.91. The molecule has 0 aliphatic heterocycles. The standard InChI is InChI=1S/C14H18N4/c1-14(2,3)18-13(15)17-11-8-10-6-4-5-7-12(10)16-9-11/h4-9H,1-3H3,(H3,15,17,18). The number of rotatable bonds is 1. The van der Waals surface area contributed by atoms with Crippen molar-refractivity contribution in [1.82, 2.24) is 4.98 Å². The number of para-hydroxylation sites is 1. The van der Waals surface area contributed by atoms with E-state index in [1.165, 1.54) is 0 Å². The van der Waals surface area contributed by atoms with E-state index in [4.69, 9.17) is 5.73 Å². The fourth-order valence-corrected chi connectivity index (χ4v) is 1.68. The number of nitrogens with one attached hydrogen (secondary N) is 1. The Labute approximate surface area is 107 Å². The zero-order valence-corrected chi connectivity index (χ0v) is 10.9. The molecule has 1 heterocycles. The molecule has 0 aliphatic carbocycles. The second-order valence-corrected chi connectivity index (χ2v) is 5.21. The number of aromatic nitrogens is 1. The molecule has 0 atom stereocenters. The van der Waals surface area contributed by atoms with Gasteiger partial charge in [-0.05, 0) is 32.9 Å². The van der Waals surface area contributed by atoms with Gasteiger partial charge < -0.3 is 11.1 Å². The molecule has 0 radical (unpaired) electrons. The van der Waals surface area contributed by atoms with Gasteiger partial charge in [0.1, 0.15) is 0 Å². The Bertz CT molecular complexity index is 582. The Balaban J connectivity index is 2.25. The maximum absolute atomic E-state index is 5.85. The molecule has 0 saturated heterocycles. The van der Waals surface area contributed by atoms with Crippen LogP contribution in [0.3, 0.4) is 0 Å². The van der Waals surface area contributed by atoms with Gasteiger partial charge in [-0.25, -0.2) is 4.99 Å². The first-order valence-electron chi connectivity index (χ1n) is 5.91. The molecule has 2 aromatic rings. The second kappa shape index (κ2) is 4.64. The fraction of sp³-hybridized carbons (Fsp3) is 0.286. The Hall–Kier alpha value is -2.10. The highest BCUT2D eigenvalue weighted by Crippen LogP contribution is 2.16. The van der Waals surface area contributed by atoms with E-state index in [-0.39, 0.29) is 5.54 Å². The van der Waals surface area contributed by atoms with E-state index in [2.05, 4.69) is 15.3 Å². The van der Waals surface area contributed by atoms with Crippen LogP contribution in [0.2, 0.25) is 0 Å². The molecule has 0 unspecified atom stereocenters. The van der Waals surface area contributed by atoms with Gasteiger partial charge in [-0.2, -0.15) is 0 Å². The van der Waals surface area contributed by atoms with Gasteiger partial charge in [0.25, 0.3) is 0 Å². The van der Waals surface area contributed by atoms with Crippen LogP contribution in [0, 0.1) is 0 Å². The van der Waals surface area contributed by atoms with Crippen molar-refractivity contribution in [2.45, 2.75) is 26.3 Å². The predicted octanol–water partition coefficient (Wildman–Crippen LogP) is 2.76. The van der Waals surface area contributed by atoms with Gasteiger partial charge in [-0.1, -0.05) is 18.2 Å². The lowest BCUT2D eigenvalue weighted by molar-refractivity contribution is 0.583. The minimum absolute atomic E-state index is 0.193. The highest BCUT2D eigenvalue weighted by Gasteiger charge is 2.08. The number of fused-ring (bicyclic) bond motifs is 1. The summed E-state index contributed by atoms with van der Waals surface area (Å²) in [6, 6.07) is 9.96. The third-order valence-electron chi connectivity index (χ3n) is 2.32. The number of benzene rings is 1. The molecule has 0 fully saturated rings. The second-order valence-electron chi connectivity index (χ2n) is 5.21. The number of anilines is 1. The Morgan fingerprint density at radius 1 is 1.28 bits per heavy atom. The zero-order chi connectivity index (χ0) is 13.2. The molecule has 0 aliphatic rings. The number of hydrogen-bond donors (Lipinski definition) is 2. The zero-order valence-electron chi connectivity index (χ0n) is 10.9. The van der Waals surface area contributed by atoms with Gasteiger partial charge in [0, 0.05) is 5.39 Å². The summed E-state index contributed by atoms with van der Waals surface area (Å²) in [5.41, 5.74) is 7.47. The lowest BCUT2D eigenvalue weighted by Gasteiger charge is -2.14. The lowest BCUT2D eigenvalue weighted by atomic mass is 10.1. The highest BCUT2D eigenvalue weighted by atomic mass is 15.1. The number of pyridine rings is 1. The van der Waals surface area contributed by atoms with Crippen LogP contribution in [0.1, 0.15) is 20.8 Å². The summed E-state index contributed by atoms with van der Waals surface area (Å²) in [7, 11) is 0. The molecule has 1 aromatic carbocycles. The van der Waals surface area contributed by atoms with Gasteiger partial charge >= 0.3 is 0 Å². The molecule has 1 aromatic heterocycles. The summed E-state index contributed by atoms with van der Waals surface area (Å²) in [6.45, 7) is 6.00. The third kappa shape index (κ3) is 3.20. The molecule has 3 N–H and O–H groups in total. The van der Waals surface area contributed by atoms with E-state index in [0.717, 1.165) is 16.6 Å². The number of guanidine groups is 1. The normalized spacial score (nSPS) is 12.7. The first kappa shape index (κ1) is 12.4. The monoisotopic (exact) mass is 242 g/mol. The molecule has 0 bridgehead atoms.